The molecule has 2 aromatic carbocycles. The molecular formula is C25H21FN2O5. The number of fused-ring (bicyclic) bond motifs is 1. The number of carbonyl (C=O) groups is 2. The molecule has 33 heavy (non-hydrogen) atoms. The number of pyridine rings is 1. The average Bonchev–Trinajstić information content (AvgIpc) is 3.25. The van der Waals surface area contributed by atoms with Gasteiger partial charge in [-0.3, -0.25) is 0 Å². The molecule has 168 valence electrons. The SMILES string of the molecule is O=C(O)c1cc(OC2[C@H]3CN(C(=O)OCc4ccccc4)C[C@@H]23)nc(-c2ccc(F)cc2)c1. The molecule has 3 atom stereocenters. The van der Waals surface area contributed by atoms with Crippen LogP contribution >= 0.6 is 0 Å². The summed E-state index contributed by atoms with van der Waals surface area (Å²) < 4.78 is 24.6. The lowest BCUT2D eigenvalue weighted by atomic mass is 10.1. The van der Waals surface area contributed by atoms with Crippen LogP contribution in [0.4, 0.5) is 9.18 Å². The van der Waals surface area contributed by atoms with Crippen LogP contribution in [0.2, 0.25) is 0 Å². The third kappa shape index (κ3) is 4.50. The quantitative estimate of drug-likeness (QED) is 0.607. The van der Waals surface area contributed by atoms with Gasteiger partial charge in [0.1, 0.15) is 18.5 Å². The fourth-order valence-corrected chi connectivity index (χ4v) is 4.20. The molecular weight excluding hydrogens is 427 g/mol. The molecule has 1 aromatic heterocycles. The largest absolute Gasteiger partial charge is 0.478 e. The highest BCUT2D eigenvalue weighted by atomic mass is 19.1. The summed E-state index contributed by atoms with van der Waals surface area (Å²) in [5.74, 6) is -0.985. The minimum Gasteiger partial charge on any atom is -0.478 e. The molecule has 0 radical (unpaired) electrons. The molecule has 0 bridgehead atoms. The molecule has 1 aliphatic heterocycles. The maximum Gasteiger partial charge on any atom is 0.410 e. The number of carboxylic acid groups (broad SMARTS) is 1. The van der Waals surface area contributed by atoms with Gasteiger partial charge in [0.05, 0.1) is 11.3 Å². The Morgan fingerprint density at radius 2 is 1.73 bits per heavy atom. The second-order valence-electron chi connectivity index (χ2n) is 8.25. The number of aromatic nitrogens is 1. The smallest absolute Gasteiger partial charge is 0.410 e. The number of benzene rings is 2. The van der Waals surface area contributed by atoms with Gasteiger partial charge in [-0.1, -0.05) is 30.3 Å². The van der Waals surface area contributed by atoms with Crippen LogP contribution in [0.3, 0.4) is 0 Å². The van der Waals surface area contributed by atoms with E-state index in [0.717, 1.165) is 5.56 Å². The minimum absolute atomic E-state index is 0.0382. The summed E-state index contributed by atoms with van der Waals surface area (Å²) in [6.07, 6.45) is -0.491. The van der Waals surface area contributed by atoms with Crippen LogP contribution in [-0.4, -0.2) is 46.2 Å². The zero-order valence-electron chi connectivity index (χ0n) is 17.6. The van der Waals surface area contributed by atoms with Gasteiger partial charge < -0.3 is 19.5 Å². The number of piperidine rings is 1. The van der Waals surface area contributed by atoms with Crippen molar-refractivity contribution in [3.05, 3.63) is 83.7 Å². The van der Waals surface area contributed by atoms with Crippen molar-refractivity contribution in [2.75, 3.05) is 13.1 Å². The third-order valence-electron chi connectivity index (χ3n) is 6.02. The molecule has 1 unspecified atom stereocenters. The van der Waals surface area contributed by atoms with Crippen molar-refractivity contribution in [2.24, 2.45) is 11.8 Å². The summed E-state index contributed by atoms with van der Waals surface area (Å²) >= 11 is 0. The van der Waals surface area contributed by atoms with Crippen LogP contribution in [-0.2, 0) is 11.3 Å². The zero-order chi connectivity index (χ0) is 22.9. The number of nitrogens with zero attached hydrogens (tertiary/aromatic N) is 2. The van der Waals surface area contributed by atoms with E-state index < -0.39 is 5.97 Å². The van der Waals surface area contributed by atoms with E-state index in [1.165, 1.54) is 36.4 Å². The van der Waals surface area contributed by atoms with Crippen LogP contribution in [0.25, 0.3) is 11.3 Å². The zero-order valence-corrected chi connectivity index (χ0v) is 17.6. The van der Waals surface area contributed by atoms with E-state index in [1.54, 1.807) is 4.90 Å². The molecule has 1 saturated heterocycles. The van der Waals surface area contributed by atoms with Crippen LogP contribution in [0, 0.1) is 17.7 Å². The summed E-state index contributed by atoms with van der Waals surface area (Å²) in [6, 6.07) is 18.0. The van der Waals surface area contributed by atoms with Gasteiger partial charge in [-0.15, -0.1) is 0 Å². The van der Waals surface area contributed by atoms with Gasteiger partial charge in [0, 0.05) is 36.6 Å². The van der Waals surface area contributed by atoms with Crippen LogP contribution in [0.5, 0.6) is 5.88 Å². The van der Waals surface area contributed by atoms with Gasteiger partial charge in [-0.25, -0.2) is 19.0 Å². The molecule has 7 nitrogen and oxygen atoms in total. The van der Waals surface area contributed by atoms with Crippen molar-refractivity contribution in [3.63, 3.8) is 0 Å². The lowest BCUT2D eigenvalue weighted by Gasteiger charge is -2.20. The Hall–Kier alpha value is -3.94. The first-order chi connectivity index (χ1) is 16.0. The van der Waals surface area contributed by atoms with E-state index in [9.17, 15) is 19.1 Å². The average molecular weight is 448 g/mol. The van der Waals surface area contributed by atoms with Crippen molar-refractivity contribution in [1.29, 1.82) is 0 Å². The van der Waals surface area contributed by atoms with Crippen LogP contribution in [0.15, 0.2) is 66.7 Å². The number of amides is 1. The number of carbonyl (C=O) groups excluding carboxylic acids is 1. The summed E-state index contributed by atoms with van der Waals surface area (Å²) in [5, 5.41) is 9.46. The van der Waals surface area contributed by atoms with Gasteiger partial charge >= 0.3 is 12.1 Å². The first-order valence-electron chi connectivity index (χ1n) is 10.6. The van der Waals surface area contributed by atoms with Crippen molar-refractivity contribution in [3.8, 4) is 17.1 Å². The number of hydrogen-bond donors (Lipinski definition) is 1. The van der Waals surface area contributed by atoms with E-state index >= 15 is 0 Å². The number of hydrogen-bond acceptors (Lipinski definition) is 5. The number of likely N-dealkylation sites (tertiary alicyclic amines) is 1. The maximum atomic E-state index is 13.2. The van der Waals surface area contributed by atoms with Crippen molar-refractivity contribution in [1.82, 2.24) is 9.88 Å². The normalized spacial score (nSPS) is 20.8. The number of ether oxygens (including phenoxy) is 2. The molecule has 8 heteroatoms. The monoisotopic (exact) mass is 448 g/mol. The Bertz CT molecular complexity index is 1170. The standard InChI is InChI=1S/C25H21FN2O5/c26-18-8-6-16(7-9-18)21-10-17(24(29)30)11-22(27-21)33-23-19-12-28(13-20(19)23)25(31)32-14-15-4-2-1-3-5-15/h1-11,19-20,23H,12-14H2,(H,29,30)/t19-,20+,23?. The molecule has 0 spiro atoms. The summed E-state index contributed by atoms with van der Waals surface area (Å²) in [6.45, 7) is 1.27. The van der Waals surface area contributed by atoms with E-state index in [1.807, 2.05) is 30.3 Å². The highest BCUT2D eigenvalue weighted by Gasteiger charge is 2.59. The maximum absolute atomic E-state index is 13.2. The van der Waals surface area contributed by atoms with Gasteiger partial charge in [0.15, 0.2) is 0 Å². The van der Waals surface area contributed by atoms with Crippen molar-refractivity contribution >= 4 is 12.1 Å². The molecule has 2 aliphatic rings. The first kappa shape index (κ1) is 20.9. The van der Waals surface area contributed by atoms with Crippen LogP contribution in [0.1, 0.15) is 15.9 Å². The van der Waals surface area contributed by atoms with E-state index in [0.29, 0.717) is 24.3 Å². The van der Waals surface area contributed by atoms with Crippen molar-refractivity contribution in [2.45, 2.75) is 12.7 Å². The Labute approximate surface area is 189 Å². The molecule has 1 amide bonds. The Morgan fingerprint density at radius 3 is 2.39 bits per heavy atom. The second-order valence-corrected chi connectivity index (χ2v) is 8.25. The topological polar surface area (TPSA) is 89.0 Å². The lowest BCUT2D eigenvalue weighted by Crippen LogP contribution is -2.33. The molecule has 1 N–H and O–H groups in total. The van der Waals surface area contributed by atoms with Crippen molar-refractivity contribution < 1.29 is 28.6 Å². The highest BCUT2D eigenvalue weighted by Crippen LogP contribution is 2.48. The summed E-state index contributed by atoms with van der Waals surface area (Å²) in [4.78, 5) is 30.0. The van der Waals surface area contributed by atoms with E-state index in [-0.39, 0.29) is 47.9 Å². The Balaban J connectivity index is 1.21. The van der Waals surface area contributed by atoms with Gasteiger partial charge in [0.2, 0.25) is 5.88 Å². The highest BCUT2D eigenvalue weighted by molar-refractivity contribution is 5.89. The van der Waals surface area contributed by atoms with Gasteiger partial charge in [-0.2, -0.15) is 0 Å². The summed E-state index contributed by atoms with van der Waals surface area (Å²) in [5.41, 5.74) is 1.95. The van der Waals surface area contributed by atoms with Gasteiger partial charge in [-0.05, 0) is 35.9 Å². The van der Waals surface area contributed by atoms with Crippen LogP contribution < -0.4 is 4.74 Å². The Kier molecular flexibility index (Phi) is 5.42. The fourth-order valence-electron chi connectivity index (χ4n) is 4.20. The van der Waals surface area contributed by atoms with E-state index in [4.69, 9.17) is 9.47 Å². The number of aromatic carboxylic acids is 1. The van der Waals surface area contributed by atoms with E-state index in [2.05, 4.69) is 4.98 Å². The molecule has 3 aromatic rings. The van der Waals surface area contributed by atoms with Gasteiger partial charge in [0.25, 0.3) is 0 Å². The number of rotatable bonds is 6. The minimum atomic E-state index is -1.10. The lowest BCUT2D eigenvalue weighted by molar-refractivity contribution is 0.0695. The summed E-state index contributed by atoms with van der Waals surface area (Å²) in [7, 11) is 0. The molecule has 2 fully saturated rings. The Morgan fingerprint density at radius 1 is 1.03 bits per heavy atom. The molecule has 2 heterocycles. The molecule has 1 aliphatic carbocycles. The molecule has 5 rings (SSSR count). The predicted molar refractivity (Wildman–Crippen MR) is 116 cm³/mol. The first-order valence-corrected chi connectivity index (χ1v) is 10.6. The predicted octanol–water partition coefficient (Wildman–Crippen LogP) is 4.23. The third-order valence-corrected chi connectivity index (χ3v) is 6.02. The fraction of sp³-hybridized carbons (Fsp3) is 0.240. The number of carboxylic acids is 1. The number of halogens is 1. The molecule has 1 saturated carbocycles. The second kappa shape index (κ2) is 8.54.